The van der Waals surface area contributed by atoms with Gasteiger partial charge in [-0.2, -0.15) is 0 Å². The van der Waals surface area contributed by atoms with Gasteiger partial charge in [0.25, 0.3) is 0 Å². The fourth-order valence-electron chi connectivity index (χ4n) is 1.85. The maximum Gasteiger partial charge on any atom is 0.322 e. The number of ether oxygens (including phenoxy) is 1. The SMILES string of the molecule is CC(C)(C)OC(=O)C(C(=O)O)C(N)Cc1ccc(O)cc1. The van der Waals surface area contributed by atoms with Gasteiger partial charge in [-0.05, 0) is 44.9 Å². The molecule has 0 saturated carbocycles. The lowest BCUT2D eigenvalue weighted by molar-refractivity contribution is -0.167. The number of esters is 1. The summed E-state index contributed by atoms with van der Waals surface area (Å²) in [5.74, 6) is -3.48. The van der Waals surface area contributed by atoms with E-state index in [0.717, 1.165) is 5.56 Å². The molecule has 0 aliphatic heterocycles. The summed E-state index contributed by atoms with van der Waals surface area (Å²) < 4.78 is 5.10. The molecular formula is C15H21NO5. The van der Waals surface area contributed by atoms with Gasteiger partial charge < -0.3 is 20.7 Å². The first-order valence-corrected chi connectivity index (χ1v) is 6.59. The minimum absolute atomic E-state index is 0.106. The number of carbonyl (C=O) groups is 2. The summed E-state index contributed by atoms with van der Waals surface area (Å²) in [6.07, 6.45) is 0.191. The molecule has 0 amide bonds. The molecular weight excluding hydrogens is 274 g/mol. The Bertz CT molecular complexity index is 504. The Morgan fingerprint density at radius 2 is 1.76 bits per heavy atom. The molecule has 6 nitrogen and oxygen atoms in total. The van der Waals surface area contributed by atoms with Crippen molar-refractivity contribution < 1.29 is 24.5 Å². The predicted molar refractivity (Wildman–Crippen MR) is 76.8 cm³/mol. The lowest BCUT2D eigenvalue weighted by atomic mass is 9.94. The van der Waals surface area contributed by atoms with Gasteiger partial charge in [0.05, 0.1) is 0 Å². The van der Waals surface area contributed by atoms with Gasteiger partial charge in [-0.25, -0.2) is 0 Å². The average molecular weight is 295 g/mol. The molecule has 6 heteroatoms. The zero-order valence-corrected chi connectivity index (χ0v) is 12.4. The first-order valence-electron chi connectivity index (χ1n) is 6.59. The third-order valence-electron chi connectivity index (χ3n) is 2.76. The van der Waals surface area contributed by atoms with Crippen LogP contribution in [0.1, 0.15) is 26.3 Å². The molecule has 0 spiro atoms. The molecule has 116 valence electrons. The van der Waals surface area contributed by atoms with Crippen LogP contribution < -0.4 is 5.73 Å². The molecule has 2 unspecified atom stereocenters. The Morgan fingerprint density at radius 1 is 1.24 bits per heavy atom. The van der Waals surface area contributed by atoms with Crippen molar-refractivity contribution in [3.63, 3.8) is 0 Å². The number of carboxylic acids is 1. The standard InChI is InChI=1S/C15H21NO5/c1-15(2,3)21-14(20)12(13(18)19)11(16)8-9-4-6-10(17)7-5-9/h4-7,11-12,17H,8,16H2,1-3H3,(H,18,19). The summed E-state index contributed by atoms with van der Waals surface area (Å²) >= 11 is 0. The zero-order chi connectivity index (χ0) is 16.2. The maximum absolute atomic E-state index is 12.0. The zero-order valence-electron chi connectivity index (χ0n) is 12.4. The topological polar surface area (TPSA) is 110 Å². The molecule has 2 atom stereocenters. The number of rotatable bonds is 5. The number of hydrogen-bond acceptors (Lipinski definition) is 5. The third kappa shape index (κ3) is 5.43. The van der Waals surface area contributed by atoms with Gasteiger partial charge in [0.15, 0.2) is 5.92 Å². The monoisotopic (exact) mass is 295 g/mol. The number of benzene rings is 1. The van der Waals surface area contributed by atoms with Crippen LogP contribution in [0.5, 0.6) is 5.75 Å². The summed E-state index contributed by atoms with van der Waals surface area (Å²) in [7, 11) is 0. The Labute approximate surface area is 123 Å². The highest BCUT2D eigenvalue weighted by Crippen LogP contribution is 2.17. The van der Waals surface area contributed by atoms with Crippen molar-refractivity contribution in [2.45, 2.75) is 38.8 Å². The van der Waals surface area contributed by atoms with Gasteiger partial charge in [0.2, 0.25) is 0 Å². The van der Waals surface area contributed by atoms with Crippen molar-refractivity contribution in [3.8, 4) is 5.75 Å². The fourth-order valence-corrected chi connectivity index (χ4v) is 1.85. The highest BCUT2D eigenvalue weighted by molar-refractivity contribution is 5.95. The fraction of sp³-hybridized carbons (Fsp3) is 0.467. The van der Waals surface area contributed by atoms with Crippen LogP contribution in [0.4, 0.5) is 0 Å². The molecule has 0 saturated heterocycles. The van der Waals surface area contributed by atoms with Crippen molar-refractivity contribution in [3.05, 3.63) is 29.8 Å². The van der Waals surface area contributed by atoms with Crippen LogP contribution in [0.15, 0.2) is 24.3 Å². The molecule has 1 rings (SSSR count). The molecule has 0 radical (unpaired) electrons. The summed E-state index contributed by atoms with van der Waals surface area (Å²) in [4.78, 5) is 23.3. The molecule has 0 aliphatic rings. The van der Waals surface area contributed by atoms with E-state index >= 15 is 0 Å². The van der Waals surface area contributed by atoms with E-state index in [1.54, 1.807) is 32.9 Å². The average Bonchev–Trinajstić information content (AvgIpc) is 2.29. The summed E-state index contributed by atoms with van der Waals surface area (Å²) in [5.41, 5.74) is 5.82. The smallest absolute Gasteiger partial charge is 0.322 e. The van der Waals surface area contributed by atoms with Crippen LogP contribution in [0.25, 0.3) is 0 Å². The number of nitrogens with two attached hydrogens (primary N) is 1. The van der Waals surface area contributed by atoms with E-state index < -0.39 is 29.5 Å². The first-order chi connectivity index (χ1) is 9.60. The highest BCUT2D eigenvalue weighted by atomic mass is 16.6. The lowest BCUT2D eigenvalue weighted by Crippen LogP contribution is -2.45. The van der Waals surface area contributed by atoms with Gasteiger partial charge in [-0.15, -0.1) is 0 Å². The minimum atomic E-state index is -1.43. The number of hydrogen-bond donors (Lipinski definition) is 3. The van der Waals surface area contributed by atoms with E-state index in [4.69, 9.17) is 10.5 Å². The Kier molecular flexibility index (Phi) is 5.32. The molecule has 1 aromatic rings. The highest BCUT2D eigenvalue weighted by Gasteiger charge is 2.36. The summed E-state index contributed by atoms with van der Waals surface area (Å²) in [6.45, 7) is 4.99. The number of aromatic hydroxyl groups is 1. The van der Waals surface area contributed by atoms with E-state index in [2.05, 4.69) is 0 Å². The quantitative estimate of drug-likeness (QED) is 0.558. The molecule has 0 bridgehead atoms. The Morgan fingerprint density at radius 3 is 2.19 bits per heavy atom. The molecule has 0 fully saturated rings. The first kappa shape index (κ1) is 17.0. The Balaban J connectivity index is 2.82. The van der Waals surface area contributed by atoms with Crippen molar-refractivity contribution in [1.82, 2.24) is 0 Å². The molecule has 1 aromatic carbocycles. The van der Waals surface area contributed by atoms with Crippen LogP contribution in [-0.2, 0) is 20.7 Å². The number of carboxylic acid groups (broad SMARTS) is 1. The van der Waals surface area contributed by atoms with Gasteiger partial charge in [-0.1, -0.05) is 12.1 Å². The second kappa shape index (κ2) is 6.58. The van der Waals surface area contributed by atoms with E-state index in [1.807, 2.05) is 0 Å². The van der Waals surface area contributed by atoms with E-state index in [9.17, 15) is 19.8 Å². The molecule has 21 heavy (non-hydrogen) atoms. The largest absolute Gasteiger partial charge is 0.508 e. The van der Waals surface area contributed by atoms with E-state index in [-0.39, 0.29) is 12.2 Å². The number of carbonyl (C=O) groups excluding carboxylic acids is 1. The molecule has 0 aromatic heterocycles. The number of aliphatic carboxylic acids is 1. The van der Waals surface area contributed by atoms with Gasteiger partial charge in [-0.3, -0.25) is 9.59 Å². The van der Waals surface area contributed by atoms with Crippen LogP contribution in [-0.4, -0.2) is 33.8 Å². The van der Waals surface area contributed by atoms with Gasteiger partial charge in [0.1, 0.15) is 11.4 Å². The van der Waals surface area contributed by atoms with Crippen LogP contribution in [0, 0.1) is 5.92 Å². The van der Waals surface area contributed by atoms with Crippen molar-refractivity contribution >= 4 is 11.9 Å². The van der Waals surface area contributed by atoms with E-state index in [1.165, 1.54) is 12.1 Å². The van der Waals surface area contributed by atoms with E-state index in [0.29, 0.717) is 0 Å². The molecule has 0 heterocycles. The summed E-state index contributed by atoms with van der Waals surface area (Å²) in [6, 6.07) is 5.30. The summed E-state index contributed by atoms with van der Waals surface area (Å²) in [5, 5.41) is 18.4. The van der Waals surface area contributed by atoms with Crippen molar-refractivity contribution in [2.75, 3.05) is 0 Å². The van der Waals surface area contributed by atoms with Gasteiger partial charge in [0, 0.05) is 6.04 Å². The third-order valence-corrected chi connectivity index (χ3v) is 2.76. The lowest BCUT2D eigenvalue weighted by Gasteiger charge is -2.25. The van der Waals surface area contributed by atoms with Crippen molar-refractivity contribution in [2.24, 2.45) is 11.7 Å². The van der Waals surface area contributed by atoms with Crippen molar-refractivity contribution in [1.29, 1.82) is 0 Å². The second-order valence-electron chi connectivity index (χ2n) is 5.88. The number of phenols is 1. The van der Waals surface area contributed by atoms with Crippen LogP contribution in [0.3, 0.4) is 0 Å². The van der Waals surface area contributed by atoms with Crippen LogP contribution in [0.2, 0.25) is 0 Å². The van der Waals surface area contributed by atoms with Crippen LogP contribution >= 0.6 is 0 Å². The normalized spacial score (nSPS) is 14.3. The molecule has 0 aliphatic carbocycles. The number of phenolic OH excluding ortho intramolecular Hbond substituents is 1. The predicted octanol–water partition coefficient (Wildman–Crippen LogP) is 1.30. The van der Waals surface area contributed by atoms with Gasteiger partial charge >= 0.3 is 11.9 Å². The molecule has 4 N–H and O–H groups in total. The second-order valence-corrected chi connectivity index (χ2v) is 5.88. The minimum Gasteiger partial charge on any atom is -0.508 e. The maximum atomic E-state index is 12.0. The Hall–Kier alpha value is -2.08.